The summed E-state index contributed by atoms with van der Waals surface area (Å²) >= 11 is 0. The Kier molecular flexibility index (Phi) is 6.43. The summed E-state index contributed by atoms with van der Waals surface area (Å²) in [7, 11) is 0. The molecule has 1 saturated heterocycles. The number of nitrogens with zero attached hydrogens (tertiary/aromatic N) is 1. The van der Waals surface area contributed by atoms with Crippen molar-refractivity contribution >= 4 is 5.91 Å². The Morgan fingerprint density at radius 3 is 2.88 bits per heavy atom. The summed E-state index contributed by atoms with van der Waals surface area (Å²) in [5.41, 5.74) is 2.11. The van der Waals surface area contributed by atoms with Gasteiger partial charge in [-0.2, -0.15) is 0 Å². The maximum absolute atomic E-state index is 11.3. The smallest absolute Gasteiger partial charge is 0.263 e. The Hall–Kier alpha value is -0.690. The number of amides is 1. The zero-order chi connectivity index (χ0) is 12.7. The lowest BCUT2D eigenvalue weighted by Crippen LogP contribution is -2.40. The van der Waals surface area contributed by atoms with Gasteiger partial charge in [-0.05, 0) is 25.8 Å². The highest BCUT2D eigenvalue weighted by Crippen LogP contribution is 2.20. The lowest BCUT2D eigenvalue weighted by atomic mass is 10.2. The average molecular weight is 245 g/mol. The summed E-state index contributed by atoms with van der Waals surface area (Å²) in [6.45, 7) is 4.61. The molecular weight excluding hydrogens is 222 g/mol. The average Bonchev–Trinajstić information content (AvgIpc) is 2.77. The number of aliphatic hydroxyl groups excluding tert-OH is 1. The fraction of sp³-hybridized carbons (Fsp3) is 0.909. The van der Waals surface area contributed by atoms with E-state index in [2.05, 4.69) is 17.2 Å². The van der Waals surface area contributed by atoms with Gasteiger partial charge in [-0.15, -0.1) is 0 Å². The molecule has 6 heteroatoms. The molecule has 0 saturated carbocycles. The van der Waals surface area contributed by atoms with Gasteiger partial charge in [-0.25, -0.2) is 5.84 Å². The van der Waals surface area contributed by atoms with E-state index in [1.54, 1.807) is 0 Å². The molecule has 0 aromatic rings. The van der Waals surface area contributed by atoms with E-state index in [9.17, 15) is 4.79 Å². The third-order valence-corrected chi connectivity index (χ3v) is 2.96. The molecule has 2 unspecified atom stereocenters. The number of nitrogens with one attached hydrogen (secondary N) is 1. The van der Waals surface area contributed by atoms with E-state index in [-0.39, 0.29) is 18.6 Å². The highest BCUT2D eigenvalue weighted by atomic mass is 16.5. The third kappa shape index (κ3) is 4.59. The van der Waals surface area contributed by atoms with Crippen molar-refractivity contribution in [1.82, 2.24) is 10.3 Å². The number of hydrogen-bond donors (Lipinski definition) is 3. The van der Waals surface area contributed by atoms with Crippen molar-refractivity contribution in [3.63, 3.8) is 0 Å². The minimum absolute atomic E-state index is 0.0652. The van der Waals surface area contributed by atoms with Crippen molar-refractivity contribution in [1.29, 1.82) is 0 Å². The quantitative estimate of drug-likeness (QED) is 0.311. The Labute approximate surface area is 102 Å². The van der Waals surface area contributed by atoms with Crippen molar-refractivity contribution in [2.45, 2.75) is 38.4 Å². The van der Waals surface area contributed by atoms with Gasteiger partial charge in [0.05, 0.1) is 12.7 Å². The van der Waals surface area contributed by atoms with Gasteiger partial charge in [0.1, 0.15) is 6.10 Å². The lowest BCUT2D eigenvalue weighted by molar-refractivity contribution is -0.132. The standard InChI is InChI=1S/C11H23N3O3/c1-2-5-14(6-7-15)8-9-3-4-10(17-9)11(16)13-12/h9-10,15H,2-8,12H2,1H3,(H,13,16). The number of carbonyl (C=O) groups is 1. The summed E-state index contributed by atoms with van der Waals surface area (Å²) in [5.74, 6) is 4.82. The minimum Gasteiger partial charge on any atom is -0.395 e. The maximum Gasteiger partial charge on any atom is 0.263 e. The Morgan fingerprint density at radius 1 is 1.53 bits per heavy atom. The molecule has 100 valence electrons. The molecular formula is C11H23N3O3. The summed E-state index contributed by atoms with van der Waals surface area (Å²) in [4.78, 5) is 13.4. The molecule has 0 radical (unpaired) electrons. The fourth-order valence-corrected chi connectivity index (χ4v) is 2.17. The second-order valence-corrected chi connectivity index (χ2v) is 4.36. The SMILES string of the molecule is CCCN(CCO)CC1CCC(C(=O)NN)O1. The number of carbonyl (C=O) groups excluding carboxylic acids is 1. The van der Waals surface area contributed by atoms with Crippen LogP contribution in [0.25, 0.3) is 0 Å². The van der Waals surface area contributed by atoms with Gasteiger partial charge in [-0.3, -0.25) is 15.1 Å². The third-order valence-electron chi connectivity index (χ3n) is 2.96. The summed E-state index contributed by atoms with van der Waals surface area (Å²) in [6.07, 6.45) is 2.27. The van der Waals surface area contributed by atoms with Crippen LogP contribution in [0.1, 0.15) is 26.2 Å². The van der Waals surface area contributed by atoms with E-state index in [4.69, 9.17) is 15.7 Å². The molecule has 0 aromatic carbocycles. The zero-order valence-corrected chi connectivity index (χ0v) is 10.4. The van der Waals surface area contributed by atoms with E-state index in [0.717, 1.165) is 25.9 Å². The topological polar surface area (TPSA) is 87.8 Å². The second kappa shape index (κ2) is 7.60. The van der Waals surface area contributed by atoms with Crippen LogP contribution in [0.15, 0.2) is 0 Å². The number of rotatable bonds is 7. The van der Waals surface area contributed by atoms with E-state index < -0.39 is 6.10 Å². The van der Waals surface area contributed by atoms with Crippen LogP contribution in [0.2, 0.25) is 0 Å². The number of aliphatic hydroxyl groups is 1. The van der Waals surface area contributed by atoms with Gasteiger partial charge >= 0.3 is 0 Å². The minimum atomic E-state index is -0.414. The van der Waals surface area contributed by atoms with Crippen LogP contribution in [-0.4, -0.2) is 54.4 Å². The molecule has 0 spiro atoms. The van der Waals surface area contributed by atoms with E-state index in [1.807, 2.05) is 0 Å². The fourth-order valence-electron chi connectivity index (χ4n) is 2.17. The molecule has 0 aliphatic carbocycles. The first-order chi connectivity index (χ1) is 8.21. The van der Waals surface area contributed by atoms with Crippen molar-refractivity contribution in [3.05, 3.63) is 0 Å². The van der Waals surface area contributed by atoms with Gasteiger partial charge < -0.3 is 9.84 Å². The molecule has 2 atom stereocenters. The predicted octanol–water partition coefficient (Wildman–Crippen LogP) is -0.772. The molecule has 1 heterocycles. The number of hydrogen-bond acceptors (Lipinski definition) is 5. The predicted molar refractivity (Wildman–Crippen MR) is 64.0 cm³/mol. The van der Waals surface area contributed by atoms with Gasteiger partial charge in [0.25, 0.3) is 5.91 Å². The molecule has 1 aliphatic heterocycles. The van der Waals surface area contributed by atoms with Crippen LogP contribution >= 0.6 is 0 Å². The molecule has 1 aliphatic rings. The largest absolute Gasteiger partial charge is 0.395 e. The first-order valence-electron chi connectivity index (χ1n) is 6.20. The summed E-state index contributed by atoms with van der Waals surface area (Å²) in [6, 6.07) is 0. The van der Waals surface area contributed by atoms with Crippen molar-refractivity contribution in [3.8, 4) is 0 Å². The van der Waals surface area contributed by atoms with Gasteiger partial charge in [-0.1, -0.05) is 6.92 Å². The lowest BCUT2D eigenvalue weighted by Gasteiger charge is -2.24. The molecule has 4 N–H and O–H groups in total. The van der Waals surface area contributed by atoms with Gasteiger partial charge in [0.2, 0.25) is 0 Å². The Bertz CT molecular complexity index is 232. The first-order valence-corrected chi connectivity index (χ1v) is 6.20. The second-order valence-electron chi connectivity index (χ2n) is 4.36. The number of hydrazine groups is 1. The highest BCUT2D eigenvalue weighted by molar-refractivity contribution is 5.80. The number of nitrogens with two attached hydrogens (primary N) is 1. The van der Waals surface area contributed by atoms with Crippen LogP contribution in [0.5, 0.6) is 0 Å². The Balaban J connectivity index is 2.34. The highest BCUT2D eigenvalue weighted by Gasteiger charge is 2.31. The van der Waals surface area contributed by atoms with Crippen LogP contribution in [-0.2, 0) is 9.53 Å². The number of ether oxygens (including phenoxy) is 1. The molecule has 6 nitrogen and oxygen atoms in total. The van der Waals surface area contributed by atoms with Gasteiger partial charge in [0.15, 0.2) is 0 Å². The molecule has 0 bridgehead atoms. The molecule has 1 rings (SSSR count). The summed E-state index contributed by atoms with van der Waals surface area (Å²) < 4.78 is 5.62. The summed E-state index contributed by atoms with van der Waals surface area (Å²) in [5, 5.41) is 8.95. The normalized spacial score (nSPS) is 24.2. The van der Waals surface area contributed by atoms with Crippen molar-refractivity contribution in [2.24, 2.45) is 5.84 Å². The molecule has 0 aromatic heterocycles. The monoisotopic (exact) mass is 245 g/mol. The van der Waals surface area contributed by atoms with E-state index >= 15 is 0 Å². The molecule has 17 heavy (non-hydrogen) atoms. The van der Waals surface area contributed by atoms with Crippen molar-refractivity contribution in [2.75, 3.05) is 26.2 Å². The van der Waals surface area contributed by atoms with Crippen LogP contribution in [0.3, 0.4) is 0 Å². The zero-order valence-electron chi connectivity index (χ0n) is 10.4. The molecule has 1 amide bonds. The van der Waals surface area contributed by atoms with E-state index in [1.165, 1.54) is 0 Å². The maximum atomic E-state index is 11.3. The van der Waals surface area contributed by atoms with Gasteiger partial charge in [0, 0.05) is 13.1 Å². The Morgan fingerprint density at radius 2 is 2.29 bits per heavy atom. The van der Waals surface area contributed by atoms with Crippen LogP contribution in [0.4, 0.5) is 0 Å². The van der Waals surface area contributed by atoms with E-state index in [0.29, 0.717) is 13.0 Å². The van der Waals surface area contributed by atoms with Crippen molar-refractivity contribution < 1.29 is 14.6 Å². The van der Waals surface area contributed by atoms with Crippen LogP contribution in [0, 0.1) is 0 Å². The van der Waals surface area contributed by atoms with Crippen LogP contribution < -0.4 is 11.3 Å². The molecule has 1 fully saturated rings. The first kappa shape index (κ1) is 14.4.